The molecule has 2 aromatic rings. The average Bonchev–Trinajstić information content (AvgIpc) is 2.74. The average molecular weight is 411 g/mol. The number of ether oxygens (including phenoxy) is 1. The van der Waals surface area contributed by atoms with Gasteiger partial charge in [0.2, 0.25) is 5.91 Å². The van der Waals surface area contributed by atoms with Crippen molar-refractivity contribution in [2.75, 3.05) is 39.3 Å². The van der Waals surface area contributed by atoms with E-state index in [0.29, 0.717) is 37.4 Å². The second-order valence-corrected chi connectivity index (χ2v) is 7.89. The Morgan fingerprint density at radius 2 is 1.63 bits per heavy atom. The summed E-state index contributed by atoms with van der Waals surface area (Å²) in [6.07, 6.45) is -0.189. The van der Waals surface area contributed by atoms with Gasteiger partial charge in [-0.2, -0.15) is 0 Å². The summed E-state index contributed by atoms with van der Waals surface area (Å²) in [5, 5.41) is 10.3. The lowest BCUT2D eigenvalue weighted by Gasteiger charge is -2.35. The third kappa shape index (κ3) is 6.40. The van der Waals surface area contributed by atoms with E-state index in [4.69, 9.17) is 4.74 Å². The van der Waals surface area contributed by atoms with Crippen molar-refractivity contribution in [3.63, 3.8) is 0 Å². The number of aliphatic hydroxyl groups excluding tert-OH is 1. The van der Waals surface area contributed by atoms with E-state index in [1.165, 1.54) is 12.5 Å². The van der Waals surface area contributed by atoms with Crippen molar-refractivity contribution in [1.82, 2.24) is 9.80 Å². The molecule has 1 atom stereocenters. The van der Waals surface area contributed by atoms with Crippen LogP contribution in [0.5, 0.6) is 5.75 Å². The van der Waals surface area contributed by atoms with Crippen LogP contribution in [0.1, 0.15) is 28.4 Å². The number of rotatable bonds is 8. The van der Waals surface area contributed by atoms with Gasteiger partial charge in [-0.05, 0) is 43.7 Å². The van der Waals surface area contributed by atoms with Crippen LogP contribution in [-0.2, 0) is 11.2 Å². The lowest BCUT2D eigenvalue weighted by molar-refractivity contribution is -0.132. The van der Waals surface area contributed by atoms with Gasteiger partial charge >= 0.3 is 0 Å². The largest absolute Gasteiger partial charge is 0.491 e. The van der Waals surface area contributed by atoms with Crippen LogP contribution < -0.4 is 4.74 Å². The van der Waals surface area contributed by atoms with Crippen LogP contribution in [0.15, 0.2) is 48.5 Å². The first kappa shape index (κ1) is 22.0. The molecule has 1 fully saturated rings. The molecule has 6 nitrogen and oxygen atoms in total. The van der Waals surface area contributed by atoms with Gasteiger partial charge in [-0.1, -0.05) is 29.8 Å². The highest BCUT2D eigenvalue weighted by Crippen LogP contribution is 2.13. The monoisotopic (exact) mass is 410 g/mol. The number of aryl methyl sites for hydroxylation is 1. The van der Waals surface area contributed by atoms with Gasteiger partial charge in [0, 0.05) is 38.3 Å². The fourth-order valence-corrected chi connectivity index (χ4v) is 3.50. The number of β-amino-alcohol motifs (C(OH)–C–C–N with tert-alkyl or cyclic N) is 1. The molecule has 1 N–H and O–H groups in total. The molecule has 0 aliphatic carbocycles. The van der Waals surface area contributed by atoms with E-state index < -0.39 is 6.10 Å². The number of piperazine rings is 1. The molecule has 2 aromatic carbocycles. The van der Waals surface area contributed by atoms with E-state index in [1.54, 1.807) is 24.3 Å². The minimum atomic E-state index is -0.618. The zero-order chi connectivity index (χ0) is 21.5. The molecular formula is C24H30N2O4. The molecule has 1 aliphatic rings. The predicted molar refractivity (Wildman–Crippen MR) is 116 cm³/mol. The molecule has 0 aromatic heterocycles. The van der Waals surface area contributed by atoms with Gasteiger partial charge in [-0.25, -0.2) is 0 Å². The number of hydrogen-bond donors (Lipinski definition) is 1. The van der Waals surface area contributed by atoms with E-state index in [2.05, 4.69) is 4.90 Å². The van der Waals surface area contributed by atoms with Crippen LogP contribution in [0, 0.1) is 6.92 Å². The Balaban J connectivity index is 1.37. The molecule has 30 heavy (non-hydrogen) atoms. The lowest BCUT2D eigenvalue weighted by atomic mass is 10.1. The summed E-state index contributed by atoms with van der Waals surface area (Å²) in [7, 11) is 0. The number of benzene rings is 2. The van der Waals surface area contributed by atoms with Gasteiger partial charge in [-0.15, -0.1) is 0 Å². The smallest absolute Gasteiger partial charge is 0.227 e. The fourth-order valence-electron chi connectivity index (χ4n) is 3.50. The molecular weight excluding hydrogens is 380 g/mol. The molecule has 0 bridgehead atoms. The molecule has 6 heteroatoms. The van der Waals surface area contributed by atoms with Gasteiger partial charge in [0.15, 0.2) is 5.78 Å². The summed E-state index contributed by atoms with van der Waals surface area (Å²) >= 11 is 0. The van der Waals surface area contributed by atoms with Crippen LogP contribution in [0.25, 0.3) is 0 Å². The van der Waals surface area contributed by atoms with Crippen molar-refractivity contribution in [2.45, 2.75) is 26.4 Å². The second-order valence-electron chi connectivity index (χ2n) is 7.89. The molecule has 0 spiro atoms. The Kier molecular flexibility index (Phi) is 7.60. The van der Waals surface area contributed by atoms with Crippen molar-refractivity contribution in [3.05, 3.63) is 65.2 Å². The summed E-state index contributed by atoms with van der Waals surface area (Å²) in [4.78, 5) is 27.9. The van der Waals surface area contributed by atoms with Crippen LogP contribution in [0.2, 0.25) is 0 Å². The Bertz CT molecular complexity index is 841. The standard InChI is InChI=1S/C24H30N2O4/c1-18-3-5-20(6-4-18)15-24(29)26-13-11-25(12-14-26)16-22(28)17-30-23-9-7-21(8-10-23)19(2)27/h3-10,22,28H,11-17H2,1-2H3. The highest BCUT2D eigenvalue weighted by Gasteiger charge is 2.22. The van der Waals surface area contributed by atoms with Crippen LogP contribution >= 0.6 is 0 Å². The number of nitrogens with zero attached hydrogens (tertiary/aromatic N) is 2. The van der Waals surface area contributed by atoms with Crippen LogP contribution in [0.4, 0.5) is 0 Å². The van der Waals surface area contributed by atoms with Crippen molar-refractivity contribution in [2.24, 2.45) is 0 Å². The third-order valence-electron chi connectivity index (χ3n) is 5.37. The minimum Gasteiger partial charge on any atom is -0.491 e. The Morgan fingerprint density at radius 1 is 1.00 bits per heavy atom. The number of carbonyl (C=O) groups excluding carboxylic acids is 2. The number of ketones is 1. The normalized spacial score (nSPS) is 15.6. The van der Waals surface area contributed by atoms with Crippen molar-refractivity contribution >= 4 is 11.7 Å². The number of Topliss-reactive ketones (excluding diaryl/α,β-unsaturated/α-hetero) is 1. The van der Waals surface area contributed by atoms with Gasteiger partial charge in [0.25, 0.3) is 0 Å². The maximum Gasteiger partial charge on any atom is 0.227 e. The first-order chi connectivity index (χ1) is 14.4. The van der Waals surface area contributed by atoms with E-state index in [-0.39, 0.29) is 18.3 Å². The molecule has 1 amide bonds. The maximum absolute atomic E-state index is 12.5. The predicted octanol–water partition coefficient (Wildman–Crippen LogP) is 2.32. The van der Waals surface area contributed by atoms with Crippen molar-refractivity contribution in [1.29, 1.82) is 0 Å². The Morgan fingerprint density at radius 3 is 2.23 bits per heavy atom. The van der Waals surface area contributed by atoms with Gasteiger partial charge in [-0.3, -0.25) is 14.5 Å². The molecule has 1 unspecified atom stereocenters. The molecule has 0 saturated carbocycles. The molecule has 1 heterocycles. The van der Waals surface area contributed by atoms with Gasteiger partial charge in [0.05, 0.1) is 6.42 Å². The first-order valence-electron chi connectivity index (χ1n) is 10.4. The Hall–Kier alpha value is -2.70. The summed E-state index contributed by atoms with van der Waals surface area (Å²) in [6.45, 7) is 7.07. The van der Waals surface area contributed by atoms with Gasteiger partial charge < -0.3 is 14.7 Å². The highest BCUT2D eigenvalue weighted by atomic mass is 16.5. The summed E-state index contributed by atoms with van der Waals surface area (Å²) in [6, 6.07) is 15.0. The number of aliphatic hydroxyl groups is 1. The summed E-state index contributed by atoms with van der Waals surface area (Å²) < 4.78 is 5.63. The fraction of sp³-hybridized carbons (Fsp3) is 0.417. The van der Waals surface area contributed by atoms with E-state index in [0.717, 1.165) is 18.7 Å². The van der Waals surface area contributed by atoms with Crippen molar-refractivity contribution < 1.29 is 19.4 Å². The first-order valence-corrected chi connectivity index (χ1v) is 10.4. The zero-order valence-electron chi connectivity index (χ0n) is 17.7. The number of hydrogen-bond acceptors (Lipinski definition) is 5. The molecule has 3 rings (SSSR count). The molecule has 1 saturated heterocycles. The number of carbonyl (C=O) groups is 2. The van der Waals surface area contributed by atoms with E-state index >= 15 is 0 Å². The lowest BCUT2D eigenvalue weighted by Crippen LogP contribution is -2.51. The molecule has 1 aliphatic heterocycles. The SMILES string of the molecule is CC(=O)c1ccc(OCC(O)CN2CCN(C(=O)Cc3ccc(C)cc3)CC2)cc1. The van der Waals surface area contributed by atoms with E-state index in [1.807, 2.05) is 36.1 Å². The highest BCUT2D eigenvalue weighted by molar-refractivity contribution is 5.94. The zero-order valence-corrected chi connectivity index (χ0v) is 17.7. The van der Waals surface area contributed by atoms with Gasteiger partial charge in [0.1, 0.15) is 18.5 Å². The third-order valence-corrected chi connectivity index (χ3v) is 5.37. The second kappa shape index (κ2) is 10.4. The van der Waals surface area contributed by atoms with Crippen LogP contribution in [-0.4, -0.2) is 72.0 Å². The molecule has 160 valence electrons. The number of amides is 1. The topological polar surface area (TPSA) is 70.1 Å². The quantitative estimate of drug-likeness (QED) is 0.677. The molecule has 0 radical (unpaired) electrons. The van der Waals surface area contributed by atoms with Crippen molar-refractivity contribution in [3.8, 4) is 5.75 Å². The summed E-state index contributed by atoms with van der Waals surface area (Å²) in [5.74, 6) is 0.792. The maximum atomic E-state index is 12.5. The Labute approximate surface area is 178 Å². The van der Waals surface area contributed by atoms with Crippen LogP contribution in [0.3, 0.4) is 0 Å². The van der Waals surface area contributed by atoms with E-state index in [9.17, 15) is 14.7 Å². The minimum absolute atomic E-state index is 0.0121. The summed E-state index contributed by atoms with van der Waals surface area (Å²) in [5.41, 5.74) is 2.87.